The van der Waals surface area contributed by atoms with Gasteiger partial charge in [0, 0.05) is 62.8 Å². The second-order valence-electron chi connectivity index (χ2n) is 15.0. The summed E-state index contributed by atoms with van der Waals surface area (Å²) in [6.07, 6.45) is 4.93. The number of halogens is 3. The molecule has 1 spiro atoms. The van der Waals surface area contributed by atoms with Gasteiger partial charge in [0.25, 0.3) is 5.91 Å². The van der Waals surface area contributed by atoms with Crippen molar-refractivity contribution < 1.29 is 37.3 Å². The Hall–Kier alpha value is -4.20. The Kier molecular flexibility index (Phi) is 8.27. The van der Waals surface area contributed by atoms with E-state index in [1.165, 1.54) is 5.56 Å². The highest BCUT2D eigenvalue weighted by molar-refractivity contribution is 5.95. The molecule has 2 N–H and O–H groups in total. The lowest BCUT2D eigenvalue weighted by atomic mass is 9.66. The van der Waals surface area contributed by atoms with Crippen LogP contribution in [0.3, 0.4) is 0 Å². The molecule has 3 aromatic rings. The van der Waals surface area contributed by atoms with E-state index in [4.69, 9.17) is 9.47 Å². The summed E-state index contributed by atoms with van der Waals surface area (Å²) in [5.74, 6) is -1.26. The van der Waals surface area contributed by atoms with E-state index in [1.54, 1.807) is 4.90 Å². The summed E-state index contributed by atoms with van der Waals surface area (Å²) >= 11 is 0. The molecule has 2 saturated carbocycles. The fourth-order valence-electron chi connectivity index (χ4n) is 9.31. The summed E-state index contributed by atoms with van der Waals surface area (Å²) in [4.78, 5) is 35.1. The number of aliphatic carboxylic acids is 1. The molecule has 266 valence electrons. The van der Waals surface area contributed by atoms with Crippen LogP contribution in [0.2, 0.25) is 0 Å². The minimum absolute atomic E-state index is 0.0147. The number of benzene rings is 1. The Morgan fingerprint density at radius 3 is 2.58 bits per heavy atom. The van der Waals surface area contributed by atoms with Crippen LogP contribution in [0.4, 0.5) is 24.8 Å². The first-order valence-electron chi connectivity index (χ1n) is 17.6. The van der Waals surface area contributed by atoms with Gasteiger partial charge in [-0.1, -0.05) is 0 Å². The first-order chi connectivity index (χ1) is 23.9. The highest BCUT2D eigenvalue weighted by Gasteiger charge is 2.47. The lowest BCUT2D eigenvalue weighted by Crippen LogP contribution is -2.44. The van der Waals surface area contributed by atoms with Crippen LogP contribution in [-0.4, -0.2) is 68.6 Å². The molecule has 1 aromatic carbocycles. The monoisotopic (exact) mass is 694 g/mol. The third-order valence-corrected chi connectivity index (χ3v) is 11.5. The fourth-order valence-corrected chi connectivity index (χ4v) is 9.31. The largest absolute Gasteiger partial charge is 0.490 e. The molecular weight excluding hydrogens is 653 g/mol. The molecule has 2 aromatic heterocycles. The third-order valence-electron chi connectivity index (χ3n) is 11.5. The fraction of sp³-hybridized carbons (Fsp3) is 0.583. The number of nitrogens with zero attached hydrogens (tertiary/aromatic N) is 5. The number of nitrogens with one attached hydrogen (secondary N) is 1. The molecule has 1 saturated heterocycles. The number of hydrogen-bond donors (Lipinski definition) is 2. The Morgan fingerprint density at radius 2 is 1.86 bits per heavy atom. The van der Waals surface area contributed by atoms with Gasteiger partial charge < -0.3 is 24.8 Å². The van der Waals surface area contributed by atoms with Gasteiger partial charge in [0.2, 0.25) is 5.95 Å². The maximum Gasteiger partial charge on any atom is 0.434 e. The van der Waals surface area contributed by atoms with E-state index in [-0.39, 0.29) is 35.3 Å². The summed E-state index contributed by atoms with van der Waals surface area (Å²) in [7, 11) is 1.92. The van der Waals surface area contributed by atoms with Gasteiger partial charge in [-0.05, 0) is 98.9 Å². The van der Waals surface area contributed by atoms with Crippen LogP contribution >= 0.6 is 0 Å². The number of fused-ring (bicyclic) bond motifs is 5. The normalized spacial score (nSPS) is 27.0. The Labute approximate surface area is 287 Å². The van der Waals surface area contributed by atoms with Crippen molar-refractivity contribution in [1.29, 1.82) is 0 Å². The quantitative estimate of drug-likeness (QED) is 0.350. The number of carboxylic acids is 1. The topological polar surface area (TPSA) is 132 Å². The summed E-state index contributed by atoms with van der Waals surface area (Å²) in [5, 5.41) is 16.8. The van der Waals surface area contributed by atoms with Crippen molar-refractivity contribution in [2.45, 2.75) is 87.9 Å². The molecule has 3 aliphatic carbocycles. The highest BCUT2D eigenvalue weighted by Crippen LogP contribution is 2.50. The van der Waals surface area contributed by atoms with Gasteiger partial charge in [0.05, 0.1) is 17.2 Å². The maximum absolute atomic E-state index is 14.6. The molecule has 8 rings (SSSR count). The van der Waals surface area contributed by atoms with Crippen molar-refractivity contribution in [2.75, 3.05) is 24.7 Å². The third kappa shape index (κ3) is 6.20. The average Bonchev–Trinajstić information content (AvgIpc) is 3.60. The summed E-state index contributed by atoms with van der Waals surface area (Å²) in [5.41, 5.74) is 1.71. The van der Waals surface area contributed by atoms with Crippen molar-refractivity contribution in [3.8, 4) is 5.75 Å². The first-order valence-corrected chi connectivity index (χ1v) is 17.6. The SMILES string of the molecule is Cn1cc2c(n1)CCC(Oc1ccc3c(c1)C1(CCOCC1)CN3c1ncc(C(=O)NC3CC4CC(C3)CC(C(=O)O)C4)c(C(F)(F)F)n1)C2. The molecule has 0 radical (unpaired) electrons. The van der Waals surface area contributed by atoms with E-state index in [9.17, 15) is 27.9 Å². The van der Waals surface area contributed by atoms with Gasteiger partial charge in [0.15, 0.2) is 5.69 Å². The van der Waals surface area contributed by atoms with Crippen molar-refractivity contribution in [2.24, 2.45) is 24.8 Å². The van der Waals surface area contributed by atoms with Crippen LogP contribution in [0.1, 0.15) is 84.2 Å². The zero-order valence-electron chi connectivity index (χ0n) is 27.9. The van der Waals surface area contributed by atoms with E-state index in [0.717, 1.165) is 48.8 Å². The number of anilines is 2. The molecule has 2 aliphatic heterocycles. The number of hydrogen-bond acceptors (Lipinski definition) is 8. The molecule has 3 fully saturated rings. The molecule has 14 heteroatoms. The molecule has 3 unspecified atom stereocenters. The number of aromatic nitrogens is 4. The van der Waals surface area contributed by atoms with Crippen molar-refractivity contribution in [1.82, 2.24) is 25.1 Å². The van der Waals surface area contributed by atoms with Gasteiger partial charge in [0.1, 0.15) is 11.9 Å². The number of aryl methyl sites for hydroxylation is 2. The zero-order chi connectivity index (χ0) is 34.8. The first kappa shape index (κ1) is 33.0. The molecule has 1 amide bonds. The predicted octanol–water partition coefficient (Wildman–Crippen LogP) is 5.37. The number of carbonyl (C=O) groups excluding carboxylic acids is 1. The Morgan fingerprint density at radius 1 is 1.10 bits per heavy atom. The van der Waals surface area contributed by atoms with E-state index < -0.39 is 35.2 Å². The number of ether oxygens (including phenoxy) is 2. The van der Waals surface area contributed by atoms with Crippen LogP contribution in [0.5, 0.6) is 5.75 Å². The summed E-state index contributed by atoms with van der Waals surface area (Å²) < 4.78 is 57.8. The van der Waals surface area contributed by atoms with Gasteiger partial charge in [-0.25, -0.2) is 9.97 Å². The van der Waals surface area contributed by atoms with Crippen LogP contribution in [-0.2, 0) is 41.0 Å². The van der Waals surface area contributed by atoms with Crippen LogP contribution < -0.4 is 15.0 Å². The average molecular weight is 695 g/mol. The number of carbonyl (C=O) groups is 2. The minimum Gasteiger partial charge on any atom is -0.490 e. The van der Waals surface area contributed by atoms with Crippen LogP contribution in [0.25, 0.3) is 0 Å². The smallest absolute Gasteiger partial charge is 0.434 e. The van der Waals surface area contributed by atoms with Crippen LogP contribution in [0.15, 0.2) is 30.6 Å². The Balaban J connectivity index is 1.04. The molecule has 4 heterocycles. The molecule has 2 bridgehead atoms. The minimum atomic E-state index is -4.90. The van der Waals surface area contributed by atoms with Crippen molar-refractivity contribution in [3.05, 3.63) is 58.7 Å². The molecule has 50 heavy (non-hydrogen) atoms. The maximum atomic E-state index is 14.6. The molecular formula is C36H41F3N6O5. The lowest BCUT2D eigenvalue weighted by molar-refractivity contribution is -0.144. The summed E-state index contributed by atoms with van der Waals surface area (Å²) in [6, 6.07) is 5.41. The molecule has 5 aliphatic rings. The van der Waals surface area contributed by atoms with Gasteiger partial charge in [-0.15, -0.1) is 0 Å². The van der Waals surface area contributed by atoms with Gasteiger partial charge in [-0.3, -0.25) is 14.3 Å². The van der Waals surface area contributed by atoms with Crippen LogP contribution in [0, 0.1) is 17.8 Å². The van der Waals surface area contributed by atoms with E-state index in [2.05, 4.69) is 20.4 Å². The second-order valence-corrected chi connectivity index (χ2v) is 15.0. The number of carboxylic acid groups (broad SMARTS) is 1. The second kappa shape index (κ2) is 12.5. The predicted molar refractivity (Wildman–Crippen MR) is 174 cm³/mol. The van der Waals surface area contributed by atoms with E-state index in [1.807, 2.05) is 36.1 Å². The zero-order valence-corrected chi connectivity index (χ0v) is 27.9. The van der Waals surface area contributed by atoms with Gasteiger partial charge >= 0.3 is 12.1 Å². The lowest BCUT2D eigenvalue weighted by Gasteiger charge is -2.41. The standard InChI is InChI=1S/C36H41F3N6O5/c1-44-18-23-15-25(2-4-29(23)43-44)50-26-3-5-30-28(16-26)35(6-8-49-9-7-35)19-45(30)34-40-17-27(31(42-34)36(37,38)39)32(46)41-24-13-20-10-21(14-24)12-22(11-20)33(47)48/h3,5,16-18,20-22,24-25H,2,4,6-15,19H2,1H3,(H,41,46)(H,47,48). The highest BCUT2D eigenvalue weighted by atomic mass is 19.4. The van der Waals surface area contributed by atoms with Crippen molar-refractivity contribution in [3.63, 3.8) is 0 Å². The van der Waals surface area contributed by atoms with Crippen molar-refractivity contribution >= 4 is 23.5 Å². The molecule has 3 atom stereocenters. The number of rotatable bonds is 6. The Bertz CT molecular complexity index is 1790. The summed E-state index contributed by atoms with van der Waals surface area (Å²) in [6.45, 7) is 1.43. The number of amides is 1. The van der Waals surface area contributed by atoms with E-state index in [0.29, 0.717) is 64.0 Å². The number of alkyl halides is 3. The van der Waals surface area contributed by atoms with Gasteiger partial charge in [-0.2, -0.15) is 18.3 Å². The van der Waals surface area contributed by atoms with E-state index >= 15 is 0 Å². The molecule has 11 nitrogen and oxygen atoms in total.